The van der Waals surface area contributed by atoms with Gasteiger partial charge in [-0.2, -0.15) is 13.8 Å². The first-order valence-electron chi connectivity index (χ1n) is 10.7. The summed E-state index contributed by atoms with van der Waals surface area (Å²) < 4.78 is 0. The third-order valence-electron chi connectivity index (χ3n) is 5.93. The molecule has 0 fully saturated rings. The fourth-order valence-corrected chi connectivity index (χ4v) is 6.85. The minimum Gasteiger partial charge on any atom is -1.00 e. The van der Waals surface area contributed by atoms with Crippen LogP contribution >= 0.6 is 22.7 Å². The molecule has 2 aromatic rings. The number of allylic oxidation sites excluding steroid dienone is 2. The summed E-state index contributed by atoms with van der Waals surface area (Å²) >= 11 is 3.65. The number of carbonyl (C=O) groups excluding carboxylic acids is 1. The van der Waals surface area contributed by atoms with E-state index in [9.17, 15) is 4.79 Å². The Bertz CT molecular complexity index is 934. The van der Waals surface area contributed by atoms with Crippen molar-refractivity contribution in [2.24, 2.45) is 11.8 Å². The van der Waals surface area contributed by atoms with Crippen molar-refractivity contribution in [3.8, 4) is 0 Å². The molecule has 0 spiro atoms. The van der Waals surface area contributed by atoms with Crippen molar-refractivity contribution in [3.63, 3.8) is 0 Å². The summed E-state index contributed by atoms with van der Waals surface area (Å²) in [5.74, 6) is 1.26. The Balaban J connectivity index is 0.000000491. The Kier molecular flexibility index (Phi) is 12.9. The second kappa shape index (κ2) is 12.9. The number of halogens is 1. The molecule has 0 amide bonds. The van der Waals surface area contributed by atoms with Crippen molar-refractivity contribution < 1.29 is 17.2 Å². The zero-order chi connectivity index (χ0) is 22.0. The fourth-order valence-electron chi connectivity index (χ4n) is 4.16. The van der Waals surface area contributed by atoms with Gasteiger partial charge in [-0.05, 0) is 81.2 Å². The molecule has 2 aliphatic rings. The summed E-state index contributed by atoms with van der Waals surface area (Å²) in [6.45, 7) is 21.6. The van der Waals surface area contributed by atoms with Crippen LogP contribution in [0.25, 0.3) is 5.57 Å². The van der Waals surface area contributed by atoms with E-state index in [1.165, 1.54) is 32.9 Å². The van der Waals surface area contributed by atoms with Gasteiger partial charge in [0.1, 0.15) is 0 Å². The third kappa shape index (κ3) is 6.47. The van der Waals surface area contributed by atoms with E-state index >= 15 is 0 Å². The van der Waals surface area contributed by atoms with Gasteiger partial charge >= 0.3 is 23.1 Å². The molecule has 0 bridgehead atoms. The van der Waals surface area contributed by atoms with Gasteiger partial charge in [-0.1, -0.05) is 26.3 Å². The number of Topliss-reactive ketones (excluding diaryl/α,β-unsaturated/α-hetero) is 1. The van der Waals surface area contributed by atoms with Gasteiger partial charge in [-0.15, -0.1) is 22.7 Å². The van der Waals surface area contributed by atoms with E-state index in [0.717, 1.165) is 11.3 Å². The summed E-state index contributed by atoms with van der Waals surface area (Å²) in [7, 11) is 0. The number of ketones is 1. The summed E-state index contributed by atoms with van der Waals surface area (Å²) in [4.78, 5) is 17.0. The predicted molar refractivity (Wildman–Crippen MR) is 137 cm³/mol. The van der Waals surface area contributed by atoms with E-state index in [1.807, 2.05) is 38.5 Å². The molecular weight excluding hydrogens is 452 g/mol. The molecule has 31 heavy (non-hydrogen) atoms. The SMILES string of the molecule is CC1=C(C(C)C)c2sc(C)c(C)c2C1.C[CH-]C.Cc1sc2c(c1C)CC(C)C2=O.[Cl-].[Mg+2]. The van der Waals surface area contributed by atoms with Gasteiger partial charge in [0.2, 0.25) is 0 Å². The quantitative estimate of drug-likeness (QED) is 0.410. The van der Waals surface area contributed by atoms with Crippen LogP contribution in [0.1, 0.15) is 88.1 Å². The van der Waals surface area contributed by atoms with Crippen LogP contribution in [0.3, 0.4) is 0 Å². The first kappa shape index (κ1) is 30.9. The molecule has 168 valence electrons. The Hall–Kier alpha value is -0.134. The predicted octanol–water partition coefficient (Wildman–Crippen LogP) is 4.94. The summed E-state index contributed by atoms with van der Waals surface area (Å²) in [6, 6.07) is 0. The van der Waals surface area contributed by atoms with Gasteiger partial charge in [-0.25, -0.2) is 0 Å². The zero-order valence-corrected chi connectivity index (χ0v) is 24.8. The maximum Gasteiger partial charge on any atom is 2.00 e. The molecule has 4 rings (SSSR count). The van der Waals surface area contributed by atoms with Crippen molar-refractivity contribution in [3.05, 3.63) is 53.8 Å². The third-order valence-corrected chi connectivity index (χ3v) is 8.47. The van der Waals surface area contributed by atoms with Crippen LogP contribution in [-0.2, 0) is 12.8 Å². The smallest absolute Gasteiger partial charge is 1.00 e. The van der Waals surface area contributed by atoms with Crippen molar-refractivity contribution in [2.75, 3.05) is 0 Å². The van der Waals surface area contributed by atoms with E-state index in [-0.39, 0.29) is 41.4 Å². The van der Waals surface area contributed by atoms with Crippen molar-refractivity contribution in [1.82, 2.24) is 0 Å². The van der Waals surface area contributed by atoms with Gasteiger partial charge in [0, 0.05) is 20.5 Å². The van der Waals surface area contributed by atoms with E-state index in [4.69, 9.17) is 0 Å². The van der Waals surface area contributed by atoms with Gasteiger partial charge in [0.25, 0.3) is 0 Å². The second-order valence-corrected chi connectivity index (χ2v) is 11.2. The largest absolute Gasteiger partial charge is 2.00 e. The molecule has 5 heteroatoms. The minimum atomic E-state index is 0. The summed E-state index contributed by atoms with van der Waals surface area (Å²) in [5.41, 5.74) is 8.99. The molecule has 0 aliphatic heterocycles. The summed E-state index contributed by atoms with van der Waals surface area (Å²) in [6.07, 6.45) is 4.16. The number of rotatable bonds is 1. The molecule has 2 aromatic heterocycles. The molecule has 0 radical (unpaired) electrons. The topological polar surface area (TPSA) is 17.1 Å². The molecule has 0 saturated heterocycles. The molecule has 1 unspecified atom stereocenters. The molecule has 0 N–H and O–H groups in total. The molecular formula is C26H37ClMgOS2. The first-order valence-corrected chi connectivity index (χ1v) is 12.3. The first-order chi connectivity index (χ1) is 13.5. The van der Waals surface area contributed by atoms with Crippen LogP contribution in [0, 0.1) is 46.0 Å². The van der Waals surface area contributed by atoms with Gasteiger partial charge in [-0.3, -0.25) is 4.79 Å². The van der Waals surface area contributed by atoms with Crippen molar-refractivity contribution in [1.29, 1.82) is 0 Å². The minimum absolute atomic E-state index is 0. The Morgan fingerprint density at radius 3 is 1.81 bits per heavy atom. The average Bonchev–Trinajstić information content (AvgIpc) is 3.29. The number of fused-ring (bicyclic) bond motifs is 2. The Labute approximate surface area is 220 Å². The van der Waals surface area contributed by atoms with E-state index < -0.39 is 0 Å². The summed E-state index contributed by atoms with van der Waals surface area (Å²) in [5, 5.41) is 0. The van der Waals surface area contributed by atoms with Gasteiger partial charge in [0.05, 0.1) is 4.88 Å². The van der Waals surface area contributed by atoms with E-state index in [0.29, 0.717) is 11.7 Å². The maximum absolute atomic E-state index is 11.6. The number of thiophene rings is 2. The van der Waals surface area contributed by atoms with Crippen LogP contribution < -0.4 is 12.4 Å². The number of hydrogen-bond acceptors (Lipinski definition) is 3. The normalized spacial score (nSPS) is 16.0. The van der Waals surface area contributed by atoms with Crippen LogP contribution in [-0.4, -0.2) is 28.8 Å². The van der Waals surface area contributed by atoms with Gasteiger partial charge in [0.15, 0.2) is 5.78 Å². The van der Waals surface area contributed by atoms with E-state index in [2.05, 4.69) is 48.5 Å². The van der Waals surface area contributed by atoms with Crippen molar-refractivity contribution >= 4 is 57.1 Å². The molecule has 1 atom stereocenters. The van der Waals surface area contributed by atoms with Crippen LogP contribution in [0.5, 0.6) is 0 Å². The average molecular weight is 489 g/mol. The van der Waals surface area contributed by atoms with Gasteiger partial charge < -0.3 is 18.8 Å². The van der Waals surface area contributed by atoms with Crippen molar-refractivity contribution in [2.45, 2.75) is 82.1 Å². The number of carbonyl (C=O) groups is 1. The number of hydrogen-bond donors (Lipinski definition) is 0. The van der Waals surface area contributed by atoms with Crippen LogP contribution in [0.2, 0.25) is 0 Å². The fraction of sp³-hybridized carbons (Fsp3) is 0.538. The second-order valence-electron chi connectivity index (χ2n) is 8.75. The maximum atomic E-state index is 11.6. The van der Waals surface area contributed by atoms with Crippen LogP contribution in [0.15, 0.2) is 5.57 Å². The molecule has 1 nitrogen and oxygen atoms in total. The standard InChI is InChI=1S/C13H18S.C10H12OS.C3H7.ClH.Mg/c1-7(2)12-8(3)6-11-9(4)10(5)14-13(11)12;1-5-4-8-6(2)7(3)12-10(8)9(5)11;1-3-2;;/h7H,6H2,1-5H3;5H,4H2,1-3H3;3H,1-2H3;1H;/q;;-1;;+2/p-1. The molecule has 2 aliphatic carbocycles. The van der Waals surface area contributed by atoms with Crippen LogP contribution in [0.4, 0.5) is 0 Å². The molecule has 0 saturated carbocycles. The molecule has 2 heterocycles. The molecule has 0 aromatic carbocycles. The Morgan fingerprint density at radius 1 is 0.903 bits per heavy atom. The Morgan fingerprint density at radius 2 is 1.35 bits per heavy atom. The zero-order valence-electron chi connectivity index (χ0n) is 21.0. The van der Waals surface area contributed by atoms with E-state index in [1.54, 1.807) is 32.9 Å². The monoisotopic (exact) mass is 488 g/mol. The number of aryl methyl sites for hydroxylation is 2.